The standard InChI is InChI=1S/C25H31NO5/c1-6-8-18-14-20-21(24(27)26(5)31-20)19(9-7-2)22(18)30-23(25(28)29)17-12-10-16(11-13-17)15(3)4/h10-15,23H,6-9H2,1-5H3,(H,28,29). The van der Waals surface area contributed by atoms with E-state index in [1.54, 1.807) is 7.05 Å². The number of aliphatic carboxylic acids is 1. The van der Waals surface area contributed by atoms with E-state index in [0.29, 0.717) is 41.0 Å². The van der Waals surface area contributed by atoms with Crippen molar-refractivity contribution in [2.75, 3.05) is 0 Å². The van der Waals surface area contributed by atoms with Gasteiger partial charge in [0, 0.05) is 18.2 Å². The van der Waals surface area contributed by atoms with Gasteiger partial charge in [-0.15, -0.1) is 0 Å². The van der Waals surface area contributed by atoms with E-state index in [0.717, 1.165) is 29.5 Å². The number of aromatic nitrogens is 1. The summed E-state index contributed by atoms with van der Waals surface area (Å²) in [6, 6.07) is 9.31. The van der Waals surface area contributed by atoms with Crippen molar-refractivity contribution in [2.45, 2.75) is 65.4 Å². The smallest absolute Gasteiger partial charge is 0.349 e. The predicted molar refractivity (Wildman–Crippen MR) is 121 cm³/mol. The van der Waals surface area contributed by atoms with E-state index in [4.69, 9.17) is 9.26 Å². The Morgan fingerprint density at radius 1 is 1.10 bits per heavy atom. The molecule has 1 atom stereocenters. The van der Waals surface area contributed by atoms with Crippen LogP contribution in [0.4, 0.5) is 0 Å². The van der Waals surface area contributed by atoms with Gasteiger partial charge in [-0.05, 0) is 36.0 Å². The molecule has 1 aromatic heterocycles. The van der Waals surface area contributed by atoms with Crippen LogP contribution < -0.4 is 10.3 Å². The van der Waals surface area contributed by atoms with Crippen LogP contribution in [-0.4, -0.2) is 15.8 Å². The van der Waals surface area contributed by atoms with Crippen molar-refractivity contribution in [2.24, 2.45) is 7.05 Å². The van der Waals surface area contributed by atoms with Gasteiger partial charge in [0.05, 0.1) is 5.39 Å². The number of carbonyl (C=O) groups is 1. The largest absolute Gasteiger partial charge is 0.478 e. The second-order valence-corrected chi connectivity index (χ2v) is 8.27. The number of benzene rings is 2. The summed E-state index contributed by atoms with van der Waals surface area (Å²) in [5.74, 6) is -0.220. The summed E-state index contributed by atoms with van der Waals surface area (Å²) in [6.07, 6.45) is 1.76. The molecule has 1 unspecified atom stereocenters. The Bertz CT molecular complexity index is 1120. The third-order valence-corrected chi connectivity index (χ3v) is 5.54. The number of hydrogen-bond acceptors (Lipinski definition) is 4. The van der Waals surface area contributed by atoms with Crippen molar-refractivity contribution in [3.63, 3.8) is 0 Å². The fraction of sp³-hybridized carbons (Fsp3) is 0.440. The topological polar surface area (TPSA) is 81.7 Å². The molecular formula is C25H31NO5. The van der Waals surface area contributed by atoms with Gasteiger partial charge in [0.15, 0.2) is 5.58 Å². The van der Waals surface area contributed by atoms with Crippen LogP contribution in [0.25, 0.3) is 11.0 Å². The Hall–Kier alpha value is -3.02. The van der Waals surface area contributed by atoms with E-state index in [-0.39, 0.29) is 5.56 Å². The van der Waals surface area contributed by atoms with Crippen LogP contribution in [-0.2, 0) is 24.7 Å². The molecule has 0 amide bonds. The Balaban J connectivity index is 2.17. The van der Waals surface area contributed by atoms with E-state index in [9.17, 15) is 14.7 Å². The molecule has 0 aliphatic heterocycles. The highest BCUT2D eigenvalue weighted by Gasteiger charge is 2.27. The Morgan fingerprint density at radius 2 is 1.71 bits per heavy atom. The van der Waals surface area contributed by atoms with E-state index >= 15 is 0 Å². The van der Waals surface area contributed by atoms with Crippen LogP contribution in [0, 0.1) is 0 Å². The molecule has 6 heteroatoms. The van der Waals surface area contributed by atoms with Gasteiger partial charge < -0.3 is 14.4 Å². The molecule has 1 N–H and O–H groups in total. The molecule has 0 bridgehead atoms. The SMILES string of the molecule is CCCc1cc2on(C)c(=O)c2c(CCC)c1OC(C(=O)O)c1ccc(C(C)C)cc1. The van der Waals surface area contributed by atoms with Crippen molar-refractivity contribution < 1.29 is 19.2 Å². The Labute approximate surface area is 182 Å². The lowest BCUT2D eigenvalue weighted by molar-refractivity contribution is -0.145. The first-order valence-corrected chi connectivity index (χ1v) is 10.9. The van der Waals surface area contributed by atoms with Crippen LogP contribution in [0.2, 0.25) is 0 Å². The van der Waals surface area contributed by atoms with Crippen LogP contribution in [0.3, 0.4) is 0 Å². The first-order chi connectivity index (χ1) is 14.8. The second kappa shape index (κ2) is 9.41. The van der Waals surface area contributed by atoms with Gasteiger partial charge in [-0.2, -0.15) is 4.74 Å². The summed E-state index contributed by atoms with van der Waals surface area (Å²) in [6.45, 7) is 8.25. The van der Waals surface area contributed by atoms with Crippen molar-refractivity contribution in [1.29, 1.82) is 0 Å². The lowest BCUT2D eigenvalue weighted by Gasteiger charge is -2.21. The van der Waals surface area contributed by atoms with Crippen molar-refractivity contribution in [3.8, 4) is 5.75 Å². The molecule has 3 aromatic rings. The molecule has 1 heterocycles. The van der Waals surface area contributed by atoms with Gasteiger partial charge in [-0.3, -0.25) is 4.79 Å². The van der Waals surface area contributed by atoms with Crippen molar-refractivity contribution in [1.82, 2.24) is 4.74 Å². The molecule has 31 heavy (non-hydrogen) atoms. The van der Waals surface area contributed by atoms with Gasteiger partial charge in [-0.1, -0.05) is 64.8 Å². The molecule has 0 spiro atoms. The predicted octanol–water partition coefficient (Wildman–Crippen LogP) is 5.36. The highest BCUT2D eigenvalue weighted by molar-refractivity contribution is 5.84. The maximum atomic E-state index is 12.7. The average Bonchev–Trinajstić information content (AvgIpc) is 3.01. The van der Waals surface area contributed by atoms with Crippen molar-refractivity contribution >= 4 is 16.9 Å². The minimum atomic E-state index is -1.17. The minimum Gasteiger partial charge on any atom is -0.478 e. The average molecular weight is 426 g/mol. The number of hydrogen-bond donors (Lipinski definition) is 1. The van der Waals surface area contributed by atoms with E-state index in [2.05, 4.69) is 13.8 Å². The van der Waals surface area contributed by atoms with Crippen LogP contribution >= 0.6 is 0 Å². The summed E-state index contributed by atoms with van der Waals surface area (Å²) in [5, 5.41) is 10.4. The molecule has 2 aromatic carbocycles. The summed E-state index contributed by atoms with van der Waals surface area (Å²) >= 11 is 0. The highest BCUT2D eigenvalue weighted by Crippen LogP contribution is 2.36. The third-order valence-electron chi connectivity index (χ3n) is 5.54. The quantitative estimate of drug-likeness (QED) is 0.499. The molecule has 3 rings (SSSR count). The highest BCUT2D eigenvalue weighted by atomic mass is 16.5. The number of carboxylic acids is 1. The summed E-state index contributed by atoms with van der Waals surface area (Å²) in [7, 11) is 1.58. The first kappa shape index (κ1) is 22.7. The van der Waals surface area contributed by atoms with E-state index < -0.39 is 12.1 Å². The first-order valence-electron chi connectivity index (χ1n) is 10.9. The van der Waals surface area contributed by atoms with Gasteiger partial charge in [0.2, 0.25) is 6.10 Å². The molecule has 0 radical (unpaired) electrons. The summed E-state index contributed by atoms with van der Waals surface area (Å²) in [5.41, 5.74) is 3.57. The van der Waals surface area contributed by atoms with Gasteiger partial charge in [0.1, 0.15) is 5.75 Å². The molecule has 0 aliphatic rings. The number of fused-ring (bicyclic) bond motifs is 1. The molecule has 0 aliphatic carbocycles. The fourth-order valence-corrected chi connectivity index (χ4v) is 3.93. The van der Waals surface area contributed by atoms with Crippen LogP contribution in [0.1, 0.15) is 74.8 Å². The molecule has 6 nitrogen and oxygen atoms in total. The van der Waals surface area contributed by atoms with Crippen LogP contribution in [0.15, 0.2) is 39.6 Å². The number of carboxylic acid groups (broad SMARTS) is 1. The Morgan fingerprint density at radius 3 is 2.26 bits per heavy atom. The summed E-state index contributed by atoms with van der Waals surface area (Å²) in [4.78, 5) is 24.9. The van der Waals surface area contributed by atoms with Gasteiger partial charge in [0.25, 0.3) is 5.56 Å². The van der Waals surface area contributed by atoms with Crippen LogP contribution in [0.5, 0.6) is 5.75 Å². The molecule has 0 saturated carbocycles. The number of ether oxygens (including phenoxy) is 1. The number of aryl methyl sites for hydroxylation is 3. The normalized spacial score (nSPS) is 12.5. The lowest BCUT2D eigenvalue weighted by Crippen LogP contribution is -2.20. The summed E-state index contributed by atoms with van der Waals surface area (Å²) < 4.78 is 13.1. The molecule has 166 valence electrons. The Kier molecular flexibility index (Phi) is 6.88. The van der Waals surface area contributed by atoms with Gasteiger partial charge in [-0.25, -0.2) is 4.79 Å². The zero-order chi connectivity index (χ0) is 22.7. The molecule has 0 saturated heterocycles. The second-order valence-electron chi connectivity index (χ2n) is 8.27. The van der Waals surface area contributed by atoms with E-state index in [1.807, 2.05) is 44.2 Å². The zero-order valence-corrected chi connectivity index (χ0v) is 18.9. The minimum absolute atomic E-state index is 0.237. The fourth-order valence-electron chi connectivity index (χ4n) is 3.93. The third kappa shape index (κ3) is 4.53. The lowest BCUT2D eigenvalue weighted by atomic mass is 9.97. The number of rotatable bonds is 9. The van der Waals surface area contributed by atoms with Crippen molar-refractivity contribution in [3.05, 3.63) is 62.9 Å². The zero-order valence-electron chi connectivity index (χ0n) is 18.9. The molecule has 0 fully saturated rings. The van der Waals surface area contributed by atoms with Gasteiger partial charge >= 0.3 is 5.97 Å². The number of nitrogens with zero attached hydrogens (tertiary/aromatic N) is 1. The maximum absolute atomic E-state index is 12.7. The monoisotopic (exact) mass is 425 g/mol. The maximum Gasteiger partial charge on any atom is 0.349 e. The molecular weight excluding hydrogens is 394 g/mol. The van der Waals surface area contributed by atoms with E-state index in [1.165, 1.54) is 4.74 Å².